The zero-order valence-electron chi connectivity index (χ0n) is 17.1. The number of ether oxygens (including phenoxy) is 1. The first-order valence-corrected chi connectivity index (χ1v) is 10.4. The number of aryl methyl sites for hydroxylation is 1. The summed E-state index contributed by atoms with van der Waals surface area (Å²) in [6, 6.07) is 7.82. The van der Waals surface area contributed by atoms with Crippen LogP contribution in [0.5, 0.6) is 5.88 Å². The Kier molecular flexibility index (Phi) is 5.05. The van der Waals surface area contributed by atoms with Crippen molar-refractivity contribution in [3.63, 3.8) is 0 Å². The Labute approximate surface area is 179 Å². The molecule has 1 aliphatic carbocycles. The lowest BCUT2D eigenvalue weighted by atomic mass is 10.0. The number of hydrogen-bond acceptors (Lipinski definition) is 6. The molecule has 0 spiro atoms. The van der Waals surface area contributed by atoms with Gasteiger partial charge in [-0.15, -0.1) is 0 Å². The number of aromatic nitrogens is 4. The van der Waals surface area contributed by atoms with Gasteiger partial charge in [-0.05, 0) is 55.9 Å². The fourth-order valence-corrected chi connectivity index (χ4v) is 4.23. The second-order valence-corrected chi connectivity index (χ2v) is 8.15. The number of nitrogens with zero attached hydrogens (tertiary/aromatic N) is 5. The first-order chi connectivity index (χ1) is 15.1. The van der Waals surface area contributed by atoms with Gasteiger partial charge in [0.05, 0.1) is 11.6 Å². The van der Waals surface area contributed by atoms with Gasteiger partial charge in [-0.1, -0.05) is 0 Å². The summed E-state index contributed by atoms with van der Waals surface area (Å²) in [5.41, 5.74) is 1.71. The van der Waals surface area contributed by atoms with Crippen LogP contribution in [0.2, 0.25) is 0 Å². The van der Waals surface area contributed by atoms with Crippen molar-refractivity contribution in [2.24, 2.45) is 11.8 Å². The van der Waals surface area contributed by atoms with Crippen LogP contribution >= 0.6 is 0 Å². The number of amides is 1. The number of hydrogen-bond donors (Lipinski definition) is 0. The van der Waals surface area contributed by atoms with Gasteiger partial charge in [0.15, 0.2) is 5.82 Å². The van der Waals surface area contributed by atoms with E-state index in [2.05, 4.69) is 19.9 Å². The molecule has 1 amide bonds. The van der Waals surface area contributed by atoms with Crippen molar-refractivity contribution >= 4 is 5.91 Å². The molecule has 1 aliphatic heterocycles. The van der Waals surface area contributed by atoms with Crippen molar-refractivity contribution in [2.45, 2.75) is 25.8 Å². The van der Waals surface area contributed by atoms with Crippen LogP contribution in [0.15, 0.2) is 48.9 Å². The van der Waals surface area contributed by atoms with Crippen molar-refractivity contribution < 1.29 is 13.9 Å². The molecule has 1 saturated carbocycles. The van der Waals surface area contributed by atoms with Crippen LogP contribution in [-0.2, 0) is 0 Å². The summed E-state index contributed by atoms with van der Waals surface area (Å²) in [6.45, 7) is 2.78. The quantitative estimate of drug-likeness (QED) is 0.631. The van der Waals surface area contributed by atoms with Crippen molar-refractivity contribution in [2.75, 3.05) is 13.2 Å². The largest absolute Gasteiger partial charge is 0.475 e. The molecule has 2 aliphatic rings. The minimum absolute atomic E-state index is 0.131. The molecule has 2 fully saturated rings. The number of carbonyl (C=O) groups is 1. The van der Waals surface area contributed by atoms with Gasteiger partial charge in [-0.25, -0.2) is 24.3 Å². The van der Waals surface area contributed by atoms with Crippen LogP contribution in [0.4, 0.5) is 4.39 Å². The first kappa shape index (κ1) is 19.5. The summed E-state index contributed by atoms with van der Waals surface area (Å²) < 4.78 is 19.2. The van der Waals surface area contributed by atoms with Crippen LogP contribution < -0.4 is 4.74 Å². The minimum atomic E-state index is -0.403. The third-order valence-corrected chi connectivity index (χ3v) is 5.94. The molecule has 3 unspecified atom stereocenters. The highest BCUT2D eigenvalue weighted by Gasteiger charge is 2.47. The zero-order valence-corrected chi connectivity index (χ0v) is 17.1. The van der Waals surface area contributed by atoms with Gasteiger partial charge in [0, 0.05) is 36.9 Å². The summed E-state index contributed by atoms with van der Waals surface area (Å²) in [4.78, 5) is 32.7. The Morgan fingerprint density at radius 3 is 2.77 bits per heavy atom. The van der Waals surface area contributed by atoms with E-state index < -0.39 is 5.82 Å². The van der Waals surface area contributed by atoms with E-state index >= 15 is 0 Å². The Balaban J connectivity index is 1.42. The molecule has 3 atom stereocenters. The zero-order chi connectivity index (χ0) is 21.4. The standard InChI is InChI=1S/C23H22FN5O2/c1-14-3-4-19(22-26-6-2-7-27-22)21(28-14)23(30)29-12-16-9-15(16)10-18(29)13-31-20-11-17(24)5-8-25-20/h2-8,11,15-16,18H,9-10,12-13H2,1H3. The van der Waals surface area contributed by atoms with Crippen molar-refractivity contribution in [3.05, 3.63) is 66.1 Å². The first-order valence-electron chi connectivity index (χ1n) is 10.4. The second-order valence-electron chi connectivity index (χ2n) is 8.15. The maximum absolute atomic E-state index is 13.7. The van der Waals surface area contributed by atoms with Gasteiger partial charge in [-0.2, -0.15) is 0 Å². The molecule has 0 radical (unpaired) electrons. The fourth-order valence-electron chi connectivity index (χ4n) is 4.23. The fraction of sp³-hybridized carbons (Fsp3) is 0.348. The molecule has 31 heavy (non-hydrogen) atoms. The van der Waals surface area contributed by atoms with E-state index in [1.807, 2.05) is 24.0 Å². The lowest BCUT2D eigenvalue weighted by Crippen LogP contribution is -2.48. The molecule has 0 N–H and O–H groups in total. The number of carbonyl (C=O) groups excluding carboxylic acids is 1. The van der Waals surface area contributed by atoms with Gasteiger partial charge >= 0.3 is 0 Å². The molecule has 5 rings (SSSR count). The van der Waals surface area contributed by atoms with Gasteiger partial charge in [0.2, 0.25) is 5.88 Å². The second kappa shape index (κ2) is 8.02. The molecule has 0 bridgehead atoms. The van der Waals surface area contributed by atoms with Crippen molar-refractivity contribution in [1.82, 2.24) is 24.8 Å². The van der Waals surface area contributed by atoms with Crippen LogP contribution in [0.1, 0.15) is 29.0 Å². The average molecular weight is 419 g/mol. The van der Waals surface area contributed by atoms with Crippen LogP contribution in [0, 0.1) is 24.6 Å². The molecule has 8 heteroatoms. The van der Waals surface area contributed by atoms with Gasteiger partial charge in [-0.3, -0.25) is 4.79 Å². The minimum Gasteiger partial charge on any atom is -0.475 e. The highest BCUT2D eigenvalue weighted by atomic mass is 19.1. The van der Waals surface area contributed by atoms with Gasteiger partial charge < -0.3 is 9.64 Å². The number of halogens is 1. The van der Waals surface area contributed by atoms with Gasteiger partial charge in [0.25, 0.3) is 5.91 Å². The summed E-state index contributed by atoms with van der Waals surface area (Å²) in [6.07, 6.45) is 6.64. The number of rotatable bonds is 5. The predicted molar refractivity (Wildman–Crippen MR) is 111 cm³/mol. The van der Waals surface area contributed by atoms with Crippen LogP contribution in [-0.4, -0.2) is 49.9 Å². The smallest absolute Gasteiger partial charge is 0.273 e. The van der Waals surface area contributed by atoms with E-state index in [-0.39, 0.29) is 24.4 Å². The lowest BCUT2D eigenvalue weighted by Gasteiger charge is -2.35. The van der Waals surface area contributed by atoms with E-state index in [0.717, 1.165) is 18.5 Å². The summed E-state index contributed by atoms with van der Waals surface area (Å²) >= 11 is 0. The van der Waals surface area contributed by atoms with Crippen LogP contribution in [0.25, 0.3) is 11.4 Å². The monoisotopic (exact) mass is 419 g/mol. The topological polar surface area (TPSA) is 81.1 Å². The third-order valence-electron chi connectivity index (χ3n) is 5.94. The number of piperidine rings is 1. The average Bonchev–Trinajstić information content (AvgIpc) is 3.55. The Hall–Kier alpha value is -3.42. The van der Waals surface area contributed by atoms with Gasteiger partial charge in [0.1, 0.15) is 18.1 Å². The maximum atomic E-state index is 13.7. The number of likely N-dealkylation sites (tertiary alicyclic amines) is 1. The molecule has 3 aromatic rings. The van der Waals surface area contributed by atoms with E-state index in [4.69, 9.17) is 4.74 Å². The van der Waals surface area contributed by atoms with E-state index in [1.165, 1.54) is 18.3 Å². The Morgan fingerprint density at radius 1 is 1.13 bits per heavy atom. The molecule has 7 nitrogen and oxygen atoms in total. The lowest BCUT2D eigenvalue weighted by molar-refractivity contribution is 0.0502. The molecule has 1 saturated heterocycles. The molecule has 3 aromatic heterocycles. The van der Waals surface area contributed by atoms with E-state index in [9.17, 15) is 9.18 Å². The Morgan fingerprint density at radius 2 is 1.97 bits per heavy atom. The SMILES string of the molecule is Cc1ccc(-c2ncccn2)c(C(=O)N2CC3CC3CC2COc2cc(F)ccn2)n1. The third kappa shape index (κ3) is 4.10. The molecule has 0 aromatic carbocycles. The van der Waals surface area contributed by atoms with Crippen molar-refractivity contribution in [1.29, 1.82) is 0 Å². The number of pyridine rings is 2. The van der Waals surface area contributed by atoms with E-state index in [0.29, 0.717) is 35.5 Å². The highest BCUT2D eigenvalue weighted by Crippen LogP contribution is 2.47. The highest BCUT2D eigenvalue weighted by molar-refractivity contribution is 5.98. The van der Waals surface area contributed by atoms with Crippen molar-refractivity contribution in [3.8, 4) is 17.3 Å². The summed E-state index contributed by atoms with van der Waals surface area (Å²) in [5, 5.41) is 0. The maximum Gasteiger partial charge on any atom is 0.273 e. The molecule has 4 heterocycles. The van der Waals surface area contributed by atoms with E-state index in [1.54, 1.807) is 18.5 Å². The number of fused-ring (bicyclic) bond motifs is 1. The summed E-state index contributed by atoms with van der Waals surface area (Å²) in [5.74, 6) is 1.26. The predicted octanol–water partition coefficient (Wildman–Crippen LogP) is 3.31. The molecule has 158 valence electrons. The molecular weight excluding hydrogens is 397 g/mol. The Bertz CT molecular complexity index is 1110. The normalized spacial score (nSPS) is 22.0. The summed E-state index contributed by atoms with van der Waals surface area (Å²) in [7, 11) is 0. The van der Waals surface area contributed by atoms with Crippen LogP contribution in [0.3, 0.4) is 0 Å². The molecular formula is C23H22FN5O2.